The summed E-state index contributed by atoms with van der Waals surface area (Å²) in [7, 11) is 0. The molecule has 1 aromatic rings. The van der Waals surface area contributed by atoms with Gasteiger partial charge >= 0.3 is 0 Å². The van der Waals surface area contributed by atoms with Gasteiger partial charge in [0, 0.05) is 24.8 Å². The van der Waals surface area contributed by atoms with Gasteiger partial charge in [0.2, 0.25) is 0 Å². The Bertz CT molecular complexity index is 469. The lowest BCUT2D eigenvalue weighted by molar-refractivity contribution is 0.141. The highest BCUT2D eigenvalue weighted by atomic mass is 35.5. The predicted octanol–water partition coefficient (Wildman–Crippen LogP) is 4.03. The van der Waals surface area contributed by atoms with Crippen molar-refractivity contribution in [3.63, 3.8) is 0 Å². The van der Waals surface area contributed by atoms with E-state index < -0.39 is 0 Å². The third-order valence-electron chi connectivity index (χ3n) is 4.73. The van der Waals surface area contributed by atoms with Gasteiger partial charge in [-0.15, -0.1) is 0 Å². The Hall–Kier alpha value is -0.640. The fraction of sp³-hybridized carbons (Fsp3) is 0.625. The first-order valence-electron chi connectivity index (χ1n) is 7.88. The first-order valence-corrected chi connectivity index (χ1v) is 8.64. The van der Waals surface area contributed by atoms with E-state index in [0.717, 1.165) is 24.8 Å². The summed E-state index contributed by atoms with van der Waals surface area (Å²) in [4.78, 5) is 4.98. The summed E-state index contributed by atoms with van der Waals surface area (Å²) in [5.41, 5.74) is 7.35. The lowest BCUT2D eigenvalue weighted by Crippen LogP contribution is -2.46. The van der Waals surface area contributed by atoms with Gasteiger partial charge in [0.1, 0.15) is 0 Å². The van der Waals surface area contributed by atoms with Crippen LogP contribution in [-0.2, 0) is 0 Å². The van der Waals surface area contributed by atoms with Gasteiger partial charge in [0.15, 0.2) is 0 Å². The largest absolute Gasteiger partial charge is 0.399 e. The zero-order valence-electron chi connectivity index (χ0n) is 12.3. The number of nitrogens with zero attached hydrogens (tertiary/aromatic N) is 2. The molecule has 0 bridgehead atoms. The number of nitrogen functional groups attached to an aromatic ring is 1. The first-order chi connectivity index (χ1) is 10.1. The van der Waals surface area contributed by atoms with E-state index in [-0.39, 0.29) is 0 Å². The molecule has 0 spiro atoms. The molecule has 0 amide bonds. The van der Waals surface area contributed by atoms with Crippen LogP contribution in [0.1, 0.15) is 32.1 Å². The minimum absolute atomic E-state index is 0.622. The predicted molar refractivity (Wildman–Crippen MR) is 91.5 cm³/mol. The summed E-state index contributed by atoms with van der Waals surface area (Å²) in [6.45, 7) is 4.58. The summed E-state index contributed by atoms with van der Waals surface area (Å²) in [6.07, 6.45) is 6.49. The van der Waals surface area contributed by atoms with Crippen LogP contribution >= 0.6 is 23.2 Å². The molecule has 21 heavy (non-hydrogen) atoms. The van der Waals surface area contributed by atoms with Gasteiger partial charge in [-0.05, 0) is 50.9 Å². The smallest absolute Gasteiger partial charge is 0.0746 e. The van der Waals surface area contributed by atoms with Crippen LogP contribution in [0.4, 0.5) is 11.4 Å². The van der Waals surface area contributed by atoms with Crippen LogP contribution in [0.25, 0.3) is 0 Å². The van der Waals surface area contributed by atoms with Crippen LogP contribution in [0.3, 0.4) is 0 Å². The van der Waals surface area contributed by atoms with E-state index in [9.17, 15) is 0 Å². The van der Waals surface area contributed by atoms with Gasteiger partial charge in [-0.3, -0.25) is 0 Å². The molecule has 3 nitrogen and oxygen atoms in total. The van der Waals surface area contributed by atoms with Crippen LogP contribution in [-0.4, -0.2) is 37.1 Å². The SMILES string of the molecule is Nc1cc(Cl)c(N2CCC(N3CCCCC3)CC2)c(Cl)c1. The Morgan fingerprint density at radius 1 is 0.905 bits per heavy atom. The molecule has 2 aliphatic heterocycles. The molecule has 2 fully saturated rings. The molecule has 2 saturated heterocycles. The molecule has 5 heteroatoms. The molecule has 3 rings (SSSR count). The molecule has 1 aromatic carbocycles. The van der Waals surface area contributed by atoms with Crippen molar-refractivity contribution in [2.24, 2.45) is 0 Å². The third kappa shape index (κ3) is 3.41. The van der Waals surface area contributed by atoms with E-state index in [1.807, 2.05) is 0 Å². The fourth-order valence-corrected chi connectivity index (χ4v) is 4.37. The molecule has 0 radical (unpaired) electrons. The molecule has 0 atom stereocenters. The lowest BCUT2D eigenvalue weighted by Gasteiger charge is -2.41. The second kappa shape index (κ2) is 6.64. The van der Waals surface area contributed by atoms with E-state index in [1.165, 1.54) is 45.2 Å². The average Bonchev–Trinajstić information content (AvgIpc) is 2.48. The van der Waals surface area contributed by atoms with Gasteiger partial charge in [0.25, 0.3) is 0 Å². The van der Waals surface area contributed by atoms with Gasteiger partial charge in [0.05, 0.1) is 15.7 Å². The van der Waals surface area contributed by atoms with E-state index in [2.05, 4.69) is 9.80 Å². The number of rotatable bonds is 2. The zero-order valence-corrected chi connectivity index (χ0v) is 13.8. The van der Waals surface area contributed by atoms with Crippen molar-refractivity contribution in [3.8, 4) is 0 Å². The minimum Gasteiger partial charge on any atom is -0.399 e. The normalized spacial score (nSPS) is 21.7. The summed E-state index contributed by atoms with van der Waals surface area (Å²) >= 11 is 12.7. The monoisotopic (exact) mass is 327 g/mol. The highest BCUT2D eigenvalue weighted by Gasteiger charge is 2.27. The number of likely N-dealkylation sites (tertiary alicyclic amines) is 1. The van der Waals surface area contributed by atoms with E-state index >= 15 is 0 Å². The van der Waals surface area contributed by atoms with Crippen LogP contribution in [0.15, 0.2) is 12.1 Å². The van der Waals surface area contributed by atoms with Gasteiger partial charge in [-0.2, -0.15) is 0 Å². The van der Waals surface area contributed by atoms with Crippen molar-refractivity contribution in [1.82, 2.24) is 4.90 Å². The molecule has 0 unspecified atom stereocenters. The number of anilines is 2. The number of hydrogen-bond donors (Lipinski definition) is 1. The van der Waals surface area contributed by atoms with Crippen molar-refractivity contribution in [2.45, 2.75) is 38.1 Å². The van der Waals surface area contributed by atoms with E-state index in [4.69, 9.17) is 28.9 Å². The van der Waals surface area contributed by atoms with Crippen molar-refractivity contribution >= 4 is 34.6 Å². The number of benzene rings is 1. The maximum Gasteiger partial charge on any atom is 0.0746 e. The van der Waals surface area contributed by atoms with E-state index in [0.29, 0.717) is 15.7 Å². The summed E-state index contributed by atoms with van der Waals surface area (Å²) in [6, 6.07) is 4.31. The average molecular weight is 328 g/mol. The van der Waals surface area contributed by atoms with Gasteiger partial charge in [-0.1, -0.05) is 29.6 Å². The van der Waals surface area contributed by atoms with Crippen LogP contribution in [0, 0.1) is 0 Å². The van der Waals surface area contributed by atoms with Gasteiger partial charge < -0.3 is 15.5 Å². The molecule has 0 aromatic heterocycles. The fourth-order valence-electron chi connectivity index (χ4n) is 3.63. The van der Waals surface area contributed by atoms with Gasteiger partial charge in [-0.25, -0.2) is 0 Å². The van der Waals surface area contributed by atoms with Crippen molar-refractivity contribution in [1.29, 1.82) is 0 Å². The molecule has 2 aliphatic rings. The Morgan fingerprint density at radius 2 is 1.48 bits per heavy atom. The molecule has 2 heterocycles. The summed E-state index contributed by atoms with van der Waals surface area (Å²) in [5.74, 6) is 0. The quantitative estimate of drug-likeness (QED) is 0.832. The van der Waals surface area contributed by atoms with E-state index in [1.54, 1.807) is 12.1 Å². The van der Waals surface area contributed by atoms with Crippen molar-refractivity contribution in [3.05, 3.63) is 22.2 Å². The van der Waals surface area contributed by atoms with Crippen LogP contribution in [0.5, 0.6) is 0 Å². The molecule has 0 saturated carbocycles. The third-order valence-corrected chi connectivity index (χ3v) is 5.30. The summed E-state index contributed by atoms with van der Waals surface area (Å²) in [5, 5.41) is 1.33. The maximum absolute atomic E-state index is 6.34. The highest BCUT2D eigenvalue weighted by Crippen LogP contribution is 2.37. The highest BCUT2D eigenvalue weighted by molar-refractivity contribution is 6.39. The van der Waals surface area contributed by atoms with Crippen LogP contribution < -0.4 is 10.6 Å². The maximum atomic E-state index is 6.34. The Labute approximate surface area is 137 Å². The van der Waals surface area contributed by atoms with Crippen molar-refractivity contribution < 1.29 is 0 Å². The number of piperidine rings is 2. The van der Waals surface area contributed by atoms with Crippen molar-refractivity contribution in [2.75, 3.05) is 36.8 Å². The molecule has 116 valence electrons. The molecular weight excluding hydrogens is 305 g/mol. The minimum atomic E-state index is 0.622. The first kappa shape index (κ1) is 15.3. The Morgan fingerprint density at radius 3 is 2.05 bits per heavy atom. The summed E-state index contributed by atoms with van der Waals surface area (Å²) < 4.78 is 0. The lowest BCUT2D eigenvalue weighted by atomic mass is 9.99. The van der Waals surface area contributed by atoms with Crippen LogP contribution in [0.2, 0.25) is 10.0 Å². The number of halogens is 2. The second-order valence-electron chi connectivity index (χ2n) is 6.15. The number of hydrogen-bond acceptors (Lipinski definition) is 3. The standard InChI is InChI=1S/C16H23Cl2N3/c17-14-10-12(19)11-15(18)16(14)21-8-4-13(5-9-21)20-6-2-1-3-7-20/h10-11,13H,1-9,19H2. The molecular formula is C16H23Cl2N3. The number of nitrogens with two attached hydrogens (primary N) is 1. The topological polar surface area (TPSA) is 32.5 Å². The molecule has 2 N–H and O–H groups in total. The zero-order chi connectivity index (χ0) is 14.8. The Balaban J connectivity index is 1.65. The molecule has 0 aliphatic carbocycles. The Kier molecular flexibility index (Phi) is 4.82. The second-order valence-corrected chi connectivity index (χ2v) is 6.96.